The average Bonchev–Trinajstić information content (AvgIpc) is 3.23. The maximum atomic E-state index is 13.1. The SMILES string of the molecule is FC(F)(F)c1ccc(Cl)c(-c2cncc3cc(/C=C4/CNCS4)oc23)c1. The van der Waals surface area contributed by atoms with Gasteiger partial charge in [0.05, 0.1) is 5.56 Å². The monoisotopic (exact) mass is 396 g/mol. The molecule has 0 saturated carbocycles. The Morgan fingerprint density at radius 1 is 1.19 bits per heavy atom. The number of alkyl halides is 3. The summed E-state index contributed by atoms with van der Waals surface area (Å²) < 4.78 is 45.1. The minimum atomic E-state index is -4.45. The fraction of sp³-hybridized carbons (Fsp3) is 0.167. The van der Waals surface area contributed by atoms with Crippen LogP contribution in [0.25, 0.3) is 28.2 Å². The first-order valence-corrected chi connectivity index (χ1v) is 9.07. The second kappa shape index (κ2) is 6.64. The predicted molar refractivity (Wildman–Crippen MR) is 97.9 cm³/mol. The fourth-order valence-corrected chi connectivity index (χ4v) is 3.79. The van der Waals surface area contributed by atoms with E-state index in [-0.39, 0.29) is 10.6 Å². The number of hydrogen-bond donors (Lipinski definition) is 1. The van der Waals surface area contributed by atoms with Crippen LogP contribution in [0.5, 0.6) is 0 Å². The maximum absolute atomic E-state index is 13.1. The molecule has 134 valence electrons. The highest BCUT2D eigenvalue weighted by atomic mass is 35.5. The van der Waals surface area contributed by atoms with Crippen LogP contribution in [0.1, 0.15) is 11.3 Å². The van der Waals surface area contributed by atoms with Gasteiger partial charge >= 0.3 is 6.18 Å². The van der Waals surface area contributed by atoms with Crippen molar-refractivity contribution in [2.24, 2.45) is 0 Å². The molecule has 1 fully saturated rings. The van der Waals surface area contributed by atoms with Crippen molar-refractivity contribution in [2.75, 3.05) is 12.4 Å². The molecule has 0 spiro atoms. The number of nitrogens with one attached hydrogen (secondary N) is 1. The molecule has 0 aliphatic carbocycles. The molecule has 1 N–H and O–H groups in total. The van der Waals surface area contributed by atoms with Crippen LogP contribution >= 0.6 is 23.4 Å². The average molecular weight is 397 g/mol. The zero-order valence-electron chi connectivity index (χ0n) is 13.2. The molecule has 0 unspecified atom stereocenters. The lowest BCUT2D eigenvalue weighted by molar-refractivity contribution is -0.137. The second-order valence-corrected chi connectivity index (χ2v) is 7.28. The van der Waals surface area contributed by atoms with Gasteiger partial charge in [-0.25, -0.2) is 0 Å². The van der Waals surface area contributed by atoms with E-state index in [9.17, 15) is 13.2 Å². The zero-order valence-corrected chi connectivity index (χ0v) is 14.8. The van der Waals surface area contributed by atoms with E-state index in [2.05, 4.69) is 10.3 Å². The van der Waals surface area contributed by atoms with E-state index in [0.29, 0.717) is 22.3 Å². The van der Waals surface area contributed by atoms with E-state index in [1.54, 1.807) is 18.0 Å². The van der Waals surface area contributed by atoms with Crippen LogP contribution < -0.4 is 5.32 Å². The topological polar surface area (TPSA) is 38.1 Å². The van der Waals surface area contributed by atoms with E-state index in [0.717, 1.165) is 29.5 Å². The number of pyridine rings is 1. The third kappa shape index (κ3) is 3.34. The number of aromatic nitrogens is 1. The second-order valence-electron chi connectivity index (χ2n) is 5.77. The van der Waals surface area contributed by atoms with Gasteiger partial charge in [-0.05, 0) is 30.3 Å². The van der Waals surface area contributed by atoms with Crippen LogP contribution in [0.2, 0.25) is 5.02 Å². The maximum Gasteiger partial charge on any atom is 0.416 e. The number of nitrogens with zero attached hydrogens (tertiary/aromatic N) is 1. The molecular formula is C18H12ClF3N2OS. The summed E-state index contributed by atoms with van der Waals surface area (Å²) >= 11 is 7.85. The minimum Gasteiger partial charge on any atom is -0.456 e. The number of fused-ring (bicyclic) bond motifs is 1. The molecule has 0 amide bonds. The molecule has 3 aromatic rings. The quantitative estimate of drug-likeness (QED) is 0.594. The van der Waals surface area contributed by atoms with Crippen molar-refractivity contribution in [3.63, 3.8) is 0 Å². The Hall–Kier alpha value is -1.96. The summed E-state index contributed by atoms with van der Waals surface area (Å²) in [7, 11) is 0. The molecule has 8 heteroatoms. The summed E-state index contributed by atoms with van der Waals surface area (Å²) in [4.78, 5) is 5.26. The Bertz CT molecular complexity index is 1010. The van der Waals surface area contributed by atoms with Gasteiger partial charge in [-0.3, -0.25) is 4.98 Å². The Morgan fingerprint density at radius 3 is 2.77 bits per heavy atom. The van der Waals surface area contributed by atoms with Gasteiger partial charge in [0.15, 0.2) is 0 Å². The highest BCUT2D eigenvalue weighted by Gasteiger charge is 2.31. The van der Waals surface area contributed by atoms with Gasteiger partial charge in [-0.2, -0.15) is 13.2 Å². The summed E-state index contributed by atoms with van der Waals surface area (Å²) in [6, 6.07) is 5.04. The molecule has 3 nitrogen and oxygen atoms in total. The molecule has 3 heterocycles. The standard InChI is InChI=1S/C18H12ClF3N2OS/c19-16-2-1-11(18(20,21)22)4-14(16)15-8-23-6-10-3-12(25-17(10)15)5-13-7-24-9-26-13/h1-6,8,24H,7,9H2/b13-5-. The number of rotatable bonds is 2. The van der Waals surface area contributed by atoms with Gasteiger partial charge < -0.3 is 9.73 Å². The van der Waals surface area contributed by atoms with Gasteiger partial charge in [0.2, 0.25) is 0 Å². The molecule has 4 rings (SSSR count). The number of hydrogen-bond acceptors (Lipinski definition) is 4. The van der Waals surface area contributed by atoms with Crippen molar-refractivity contribution in [2.45, 2.75) is 6.18 Å². The Morgan fingerprint density at radius 2 is 2.04 bits per heavy atom. The van der Waals surface area contributed by atoms with Crippen molar-refractivity contribution in [3.05, 3.63) is 57.9 Å². The third-order valence-electron chi connectivity index (χ3n) is 3.99. The number of furan rings is 1. The van der Waals surface area contributed by atoms with Crippen LogP contribution in [0, 0.1) is 0 Å². The van der Waals surface area contributed by atoms with Crippen molar-refractivity contribution >= 4 is 40.4 Å². The first-order chi connectivity index (χ1) is 12.4. The van der Waals surface area contributed by atoms with Crippen molar-refractivity contribution in [1.82, 2.24) is 10.3 Å². The van der Waals surface area contributed by atoms with Crippen LogP contribution in [0.4, 0.5) is 13.2 Å². The summed E-state index contributed by atoms with van der Waals surface area (Å²) in [5.41, 5.74) is 0.366. The van der Waals surface area contributed by atoms with Crippen molar-refractivity contribution < 1.29 is 17.6 Å². The molecule has 2 aromatic heterocycles. The van der Waals surface area contributed by atoms with E-state index in [1.807, 2.05) is 12.1 Å². The Balaban J connectivity index is 1.84. The highest BCUT2D eigenvalue weighted by Crippen LogP contribution is 2.39. The van der Waals surface area contributed by atoms with Gasteiger partial charge in [0.1, 0.15) is 11.3 Å². The summed E-state index contributed by atoms with van der Waals surface area (Å²) in [5.74, 6) is 1.47. The zero-order chi connectivity index (χ0) is 18.3. The lowest BCUT2D eigenvalue weighted by Gasteiger charge is -2.10. The van der Waals surface area contributed by atoms with Gasteiger partial charge in [0.25, 0.3) is 0 Å². The van der Waals surface area contributed by atoms with Gasteiger partial charge in [0, 0.05) is 51.3 Å². The molecular weight excluding hydrogens is 385 g/mol. The van der Waals surface area contributed by atoms with E-state index in [4.69, 9.17) is 16.0 Å². The lowest BCUT2D eigenvalue weighted by atomic mass is 10.0. The smallest absolute Gasteiger partial charge is 0.416 e. The largest absolute Gasteiger partial charge is 0.456 e. The summed E-state index contributed by atoms with van der Waals surface area (Å²) in [6.45, 7) is 0.770. The molecule has 26 heavy (non-hydrogen) atoms. The van der Waals surface area contributed by atoms with E-state index in [1.165, 1.54) is 12.3 Å². The lowest BCUT2D eigenvalue weighted by Crippen LogP contribution is -2.04. The van der Waals surface area contributed by atoms with E-state index >= 15 is 0 Å². The first kappa shape index (κ1) is 17.5. The molecule has 0 atom stereocenters. The number of thioether (sulfide) groups is 1. The van der Waals surface area contributed by atoms with Gasteiger partial charge in [-0.1, -0.05) is 11.6 Å². The first-order valence-electron chi connectivity index (χ1n) is 7.70. The molecule has 1 aromatic carbocycles. The normalized spacial score (nSPS) is 16.7. The molecule has 0 bridgehead atoms. The van der Waals surface area contributed by atoms with Crippen LogP contribution in [-0.2, 0) is 6.18 Å². The van der Waals surface area contributed by atoms with Crippen LogP contribution in [-0.4, -0.2) is 17.4 Å². The number of benzene rings is 1. The highest BCUT2D eigenvalue weighted by molar-refractivity contribution is 8.03. The summed E-state index contributed by atoms with van der Waals surface area (Å²) in [5, 5.41) is 4.12. The minimum absolute atomic E-state index is 0.208. The molecule has 1 aliphatic heterocycles. The van der Waals surface area contributed by atoms with Crippen molar-refractivity contribution in [3.8, 4) is 11.1 Å². The molecule has 1 aliphatic rings. The molecule has 1 saturated heterocycles. The molecule has 0 radical (unpaired) electrons. The summed E-state index contributed by atoms with van der Waals surface area (Å²) in [6.07, 6.45) is 0.552. The van der Waals surface area contributed by atoms with Crippen LogP contribution in [0.15, 0.2) is 46.0 Å². The van der Waals surface area contributed by atoms with Crippen molar-refractivity contribution in [1.29, 1.82) is 0 Å². The number of halogens is 4. The Labute approximate surface area is 156 Å². The van der Waals surface area contributed by atoms with Crippen LogP contribution in [0.3, 0.4) is 0 Å². The van der Waals surface area contributed by atoms with Gasteiger partial charge in [-0.15, -0.1) is 11.8 Å². The van der Waals surface area contributed by atoms with E-state index < -0.39 is 11.7 Å². The fourth-order valence-electron chi connectivity index (χ4n) is 2.77. The third-order valence-corrected chi connectivity index (χ3v) is 5.30. The predicted octanol–water partition coefficient (Wildman–Crippen LogP) is 5.80. The Kier molecular flexibility index (Phi) is 4.46.